The predicted octanol–water partition coefficient (Wildman–Crippen LogP) is 3.49. The average Bonchev–Trinajstić information content (AvgIpc) is 2.76. The summed E-state index contributed by atoms with van der Waals surface area (Å²) in [7, 11) is 0. The maximum absolute atomic E-state index is 3.66. The second-order valence-corrected chi connectivity index (χ2v) is 5.61. The molecule has 1 nitrogen and oxygen atoms in total. The molecular weight excluding hydrogens is 194 g/mol. The molecule has 1 spiro atoms. The molecule has 2 fully saturated rings. The summed E-state index contributed by atoms with van der Waals surface area (Å²) in [5.41, 5.74) is 0.779. The number of hydrogen-bond acceptors (Lipinski definition) is 1. The maximum Gasteiger partial charge on any atom is 0.0214 e. The molecule has 0 saturated heterocycles. The van der Waals surface area contributed by atoms with Crippen LogP contribution in [-0.4, -0.2) is 12.6 Å². The van der Waals surface area contributed by atoms with Crippen molar-refractivity contribution in [1.29, 1.82) is 0 Å². The summed E-state index contributed by atoms with van der Waals surface area (Å²) in [6.45, 7) is 3.00. The van der Waals surface area contributed by atoms with E-state index in [0.717, 1.165) is 24.4 Å². The van der Waals surface area contributed by atoms with Crippen LogP contribution in [0.15, 0.2) is 0 Å². The first-order valence-electron chi connectivity index (χ1n) is 6.98. The molecule has 0 aromatic rings. The lowest BCUT2D eigenvalue weighted by atomic mass is 9.71. The third kappa shape index (κ3) is 3.01. The molecule has 2 aliphatic carbocycles. The normalized spacial score (nSPS) is 24.3. The first kappa shape index (κ1) is 12.0. The van der Waals surface area contributed by atoms with E-state index in [9.17, 15) is 0 Å². The molecule has 0 amide bonds. The molecule has 0 aliphatic heterocycles. The molecule has 0 aromatic carbocycles. The summed E-state index contributed by atoms with van der Waals surface area (Å²) in [6, 6.07) is 0.782. The molecule has 2 aliphatic rings. The Labute approximate surface area is 100 Å². The molecule has 0 heterocycles. The van der Waals surface area contributed by atoms with Crippen LogP contribution >= 0.6 is 0 Å². The van der Waals surface area contributed by atoms with Crippen molar-refractivity contribution in [1.82, 2.24) is 5.32 Å². The molecule has 2 rings (SSSR count). The zero-order chi connectivity index (χ0) is 11.3. The Morgan fingerprint density at radius 2 is 1.81 bits per heavy atom. The fourth-order valence-electron chi connectivity index (χ4n) is 3.52. The molecule has 0 aromatic heterocycles. The molecule has 90 valence electrons. The second kappa shape index (κ2) is 5.73. The summed E-state index contributed by atoms with van der Waals surface area (Å²) < 4.78 is 0. The number of rotatable bonds is 3. The minimum atomic E-state index is 0.779. The van der Waals surface area contributed by atoms with Crippen molar-refractivity contribution in [3.8, 4) is 11.8 Å². The van der Waals surface area contributed by atoms with Crippen molar-refractivity contribution in [2.24, 2.45) is 5.41 Å². The smallest absolute Gasteiger partial charge is 0.0214 e. The highest BCUT2D eigenvalue weighted by atomic mass is 14.9. The maximum atomic E-state index is 3.66. The van der Waals surface area contributed by atoms with E-state index in [1.807, 2.05) is 6.92 Å². The first-order valence-corrected chi connectivity index (χ1v) is 6.98. The summed E-state index contributed by atoms with van der Waals surface area (Å²) in [6.07, 6.45) is 12.8. The zero-order valence-electron chi connectivity index (χ0n) is 10.6. The van der Waals surface area contributed by atoms with Gasteiger partial charge in [-0.25, -0.2) is 0 Å². The topological polar surface area (TPSA) is 12.0 Å². The SMILES string of the molecule is CC#CCCNC1CCC2(CCCC2)CC1. The Morgan fingerprint density at radius 3 is 2.44 bits per heavy atom. The van der Waals surface area contributed by atoms with Gasteiger partial charge in [0.25, 0.3) is 0 Å². The summed E-state index contributed by atoms with van der Waals surface area (Å²) in [4.78, 5) is 0. The van der Waals surface area contributed by atoms with E-state index in [-0.39, 0.29) is 0 Å². The monoisotopic (exact) mass is 219 g/mol. The van der Waals surface area contributed by atoms with Crippen molar-refractivity contribution in [2.45, 2.75) is 70.8 Å². The molecule has 0 atom stereocenters. The summed E-state index contributed by atoms with van der Waals surface area (Å²) in [5.74, 6) is 6.08. The third-order valence-electron chi connectivity index (χ3n) is 4.57. The highest BCUT2D eigenvalue weighted by Crippen LogP contribution is 2.48. The quantitative estimate of drug-likeness (QED) is 0.566. The number of nitrogens with one attached hydrogen (secondary N) is 1. The van der Waals surface area contributed by atoms with Gasteiger partial charge in [0, 0.05) is 19.0 Å². The lowest BCUT2D eigenvalue weighted by molar-refractivity contribution is 0.169. The molecular formula is C15H25N. The minimum Gasteiger partial charge on any atom is -0.313 e. The van der Waals surface area contributed by atoms with Gasteiger partial charge in [0.1, 0.15) is 0 Å². The lowest BCUT2D eigenvalue weighted by Crippen LogP contribution is -2.37. The van der Waals surface area contributed by atoms with Crippen molar-refractivity contribution < 1.29 is 0 Å². The van der Waals surface area contributed by atoms with Crippen LogP contribution in [0.1, 0.15) is 64.7 Å². The lowest BCUT2D eigenvalue weighted by Gasteiger charge is -2.37. The van der Waals surface area contributed by atoms with Gasteiger partial charge in [-0.05, 0) is 50.9 Å². The average molecular weight is 219 g/mol. The van der Waals surface area contributed by atoms with Crippen molar-refractivity contribution in [3.63, 3.8) is 0 Å². The summed E-state index contributed by atoms with van der Waals surface area (Å²) in [5, 5.41) is 3.66. The van der Waals surface area contributed by atoms with Crippen LogP contribution in [0.5, 0.6) is 0 Å². The predicted molar refractivity (Wildman–Crippen MR) is 69.2 cm³/mol. The van der Waals surface area contributed by atoms with Crippen molar-refractivity contribution >= 4 is 0 Å². The highest BCUT2D eigenvalue weighted by molar-refractivity contribution is 4.96. The Hall–Kier alpha value is -0.480. The van der Waals surface area contributed by atoms with Gasteiger partial charge < -0.3 is 5.32 Å². The van der Waals surface area contributed by atoms with Crippen LogP contribution < -0.4 is 5.32 Å². The zero-order valence-corrected chi connectivity index (χ0v) is 10.6. The molecule has 0 bridgehead atoms. The third-order valence-corrected chi connectivity index (χ3v) is 4.57. The van der Waals surface area contributed by atoms with E-state index < -0.39 is 0 Å². The Morgan fingerprint density at radius 1 is 1.12 bits per heavy atom. The van der Waals surface area contributed by atoms with Crippen molar-refractivity contribution in [2.75, 3.05) is 6.54 Å². The van der Waals surface area contributed by atoms with Crippen LogP contribution in [-0.2, 0) is 0 Å². The van der Waals surface area contributed by atoms with Crippen LogP contribution in [0.25, 0.3) is 0 Å². The van der Waals surface area contributed by atoms with E-state index in [2.05, 4.69) is 17.2 Å². The van der Waals surface area contributed by atoms with Crippen LogP contribution in [0.4, 0.5) is 0 Å². The summed E-state index contributed by atoms with van der Waals surface area (Å²) >= 11 is 0. The van der Waals surface area contributed by atoms with Gasteiger partial charge in [0.2, 0.25) is 0 Å². The fourth-order valence-corrected chi connectivity index (χ4v) is 3.52. The largest absolute Gasteiger partial charge is 0.313 e. The van der Waals surface area contributed by atoms with E-state index in [1.165, 1.54) is 51.4 Å². The van der Waals surface area contributed by atoms with Crippen LogP contribution in [0.2, 0.25) is 0 Å². The van der Waals surface area contributed by atoms with Crippen molar-refractivity contribution in [3.05, 3.63) is 0 Å². The van der Waals surface area contributed by atoms with Gasteiger partial charge in [0.05, 0.1) is 0 Å². The molecule has 0 radical (unpaired) electrons. The molecule has 0 unspecified atom stereocenters. The van der Waals surface area contributed by atoms with Gasteiger partial charge in [-0.1, -0.05) is 12.8 Å². The highest BCUT2D eigenvalue weighted by Gasteiger charge is 2.37. The Kier molecular flexibility index (Phi) is 4.29. The molecule has 16 heavy (non-hydrogen) atoms. The van der Waals surface area contributed by atoms with E-state index in [0.29, 0.717) is 0 Å². The second-order valence-electron chi connectivity index (χ2n) is 5.61. The molecule has 1 N–H and O–H groups in total. The minimum absolute atomic E-state index is 0.779. The van der Waals surface area contributed by atoms with Gasteiger partial charge in [0.15, 0.2) is 0 Å². The van der Waals surface area contributed by atoms with E-state index in [1.54, 1.807) is 0 Å². The van der Waals surface area contributed by atoms with Gasteiger partial charge in [-0.2, -0.15) is 0 Å². The Bertz CT molecular complexity index is 255. The van der Waals surface area contributed by atoms with Gasteiger partial charge in [-0.3, -0.25) is 0 Å². The molecule has 1 heteroatoms. The van der Waals surface area contributed by atoms with Gasteiger partial charge in [-0.15, -0.1) is 11.8 Å². The standard InChI is InChI=1S/C15H25N/c1-2-3-6-13-16-14-7-11-15(12-8-14)9-4-5-10-15/h14,16H,4-13H2,1H3. The van der Waals surface area contributed by atoms with Crippen LogP contribution in [0, 0.1) is 17.3 Å². The fraction of sp³-hybridized carbons (Fsp3) is 0.867. The van der Waals surface area contributed by atoms with Crippen LogP contribution in [0.3, 0.4) is 0 Å². The van der Waals surface area contributed by atoms with E-state index >= 15 is 0 Å². The van der Waals surface area contributed by atoms with E-state index in [4.69, 9.17) is 0 Å². The first-order chi connectivity index (χ1) is 7.85. The van der Waals surface area contributed by atoms with Gasteiger partial charge >= 0.3 is 0 Å². The molecule has 2 saturated carbocycles. The number of hydrogen-bond donors (Lipinski definition) is 1. The Balaban J connectivity index is 1.66.